The standard InChI is InChI=1S/C14H13F3N4/c1-21-7-5-12(20-21)4-6-19-13-3-2-11(14(15,16)17)8-10(13)9-18/h2-3,5,7-8,19H,4,6H2,1H3. The molecule has 1 N–H and O–H groups in total. The van der Waals surface area contributed by atoms with Crippen LogP contribution >= 0.6 is 0 Å². The van der Waals surface area contributed by atoms with E-state index in [9.17, 15) is 13.2 Å². The molecule has 0 amide bonds. The van der Waals surface area contributed by atoms with Gasteiger partial charge in [-0.3, -0.25) is 4.68 Å². The summed E-state index contributed by atoms with van der Waals surface area (Å²) in [6, 6.07) is 6.73. The topological polar surface area (TPSA) is 53.6 Å². The SMILES string of the molecule is Cn1ccc(CCNc2ccc(C(F)(F)F)cc2C#N)n1. The molecule has 0 aliphatic carbocycles. The van der Waals surface area contributed by atoms with E-state index in [-0.39, 0.29) is 5.56 Å². The second-order valence-corrected chi connectivity index (χ2v) is 4.53. The van der Waals surface area contributed by atoms with Crippen LogP contribution in [0.2, 0.25) is 0 Å². The van der Waals surface area contributed by atoms with Crippen LogP contribution in [-0.4, -0.2) is 16.3 Å². The average molecular weight is 294 g/mol. The monoisotopic (exact) mass is 294 g/mol. The molecule has 110 valence electrons. The van der Waals surface area contributed by atoms with Crippen molar-refractivity contribution in [2.75, 3.05) is 11.9 Å². The van der Waals surface area contributed by atoms with Gasteiger partial charge in [-0.25, -0.2) is 0 Å². The Morgan fingerprint density at radius 1 is 1.33 bits per heavy atom. The highest BCUT2D eigenvalue weighted by molar-refractivity contribution is 5.59. The van der Waals surface area contributed by atoms with Crippen molar-refractivity contribution in [2.24, 2.45) is 7.05 Å². The van der Waals surface area contributed by atoms with Gasteiger partial charge < -0.3 is 5.32 Å². The van der Waals surface area contributed by atoms with E-state index in [0.29, 0.717) is 18.7 Å². The highest BCUT2D eigenvalue weighted by Crippen LogP contribution is 2.31. The third-order valence-electron chi connectivity index (χ3n) is 2.93. The number of aryl methyl sites for hydroxylation is 1. The number of aromatic nitrogens is 2. The van der Waals surface area contributed by atoms with Crippen LogP contribution in [0.3, 0.4) is 0 Å². The van der Waals surface area contributed by atoms with Crippen LogP contribution in [0.5, 0.6) is 0 Å². The fraction of sp³-hybridized carbons (Fsp3) is 0.286. The Kier molecular flexibility index (Phi) is 4.17. The molecule has 21 heavy (non-hydrogen) atoms. The van der Waals surface area contributed by atoms with Crippen molar-refractivity contribution >= 4 is 5.69 Å². The van der Waals surface area contributed by atoms with Gasteiger partial charge in [0.15, 0.2) is 0 Å². The van der Waals surface area contributed by atoms with Gasteiger partial charge in [0.1, 0.15) is 6.07 Å². The van der Waals surface area contributed by atoms with E-state index in [2.05, 4.69) is 10.4 Å². The smallest absolute Gasteiger partial charge is 0.384 e. The first-order valence-electron chi connectivity index (χ1n) is 6.24. The van der Waals surface area contributed by atoms with Gasteiger partial charge in [-0.2, -0.15) is 23.5 Å². The largest absolute Gasteiger partial charge is 0.416 e. The van der Waals surface area contributed by atoms with Crippen LogP contribution in [0.4, 0.5) is 18.9 Å². The van der Waals surface area contributed by atoms with Crippen molar-refractivity contribution in [2.45, 2.75) is 12.6 Å². The van der Waals surface area contributed by atoms with Crippen molar-refractivity contribution in [1.82, 2.24) is 9.78 Å². The van der Waals surface area contributed by atoms with Crippen LogP contribution in [0.25, 0.3) is 0 Å². The van der Waals surface area contributed by atoms with Crippen LogP contribution in [0.1, 0.15) is 16.8 Å². The lowest BCUT2D eigenvalue weighted by Crippen LogP contribution is -2.09. The maximum Gasteiger partial charge on any atom is 0.416 e. The molecule has 1 aromatic carbocycles. The average Bonchev–Trinajstić information content (AvgIpc) is 2.83. The van der Waals surface area contributed by atoms with E-state index < -0.39 is 11.7 Å². The molecule has 1 heterocycles. The molecule has 0 bridgehead atoms. The molecule has 2 rings (SSSR count). The summed E-state index contributed by atoms with van der Waals surface area (Å²) in [4.78, 5) is 0. The van der Waals surface area contributed by atoms with Crippen LogP contribution in [0.15, 0.2) is 30.5 Å². The third-order valence-corrected chi connectivity index (χ3v) is 2.93. The molecule has 1 aromatic heterocycles. The van der Waals surface area contributed by atoms with Gasteiger partial charge in [0.25, 0.3) is 0 Å². The number of rotatable bonds is 4. The Labute approximate surface area is 119 Å². The summed E-state index contributed by atoms with van der Waals surface area (Å²) in [6.45, 7) is 0.483. The molecule has 4 nitrogen and oxygen atoms in total. The van der Waals surface area contributed by atoms with E-state index in [0.717, 1.165) is 17.8 Å². The lowest BCUT2D eigenvalue weighted by molar-refractivity contribution is -0.137. The van der Waals surface area contributed by atoms with Crippen molar-refractivity contribution in [3.63, 3.8) is 0 Å². The van der Waals surface area contributed by atoms with Gasteiger partial charge in [0.05, 0.1) is 22.5 Å². The molecular formula is C14H13F3N4. The lowest BCUT2D eigenvalue weighted by Gasteiger charge is -2.11. The molecule has 7 heteroatoms. The van der Waals surface area contributed by atoms with Gasteiger partial charge in [0.2, 0.25) is 0 Å². The molecule has 0 spiro atoms. The van der Waals surface area contributed by atoms with E-state index in [1.165, 1.54) is 6.07 Å². The van der Waals surface area contributed by atoms with E-state index in [1.807, 2.05) is 12.3 Å². The maximum absolute atomic E-state index is 12.6. The summed E-state index contributed by atoms with van der Waals surface area (Å²) in [7, 11) is 1.81. The second-order valence-electron chi connectivity index (χ2n) is 4.53. The molecular weight excluding hydrogens is 281 g/mol. The summed E-state index contributed by atoms with van der Waals surface area (Å²) < 4.78 is 39.4. The summed E-state index contributed by atoms with van der Waals surface area (Å²) in [5.74, 6) is 0. The molecule has 0 fully saturated rings. The highest BCUT2D eigenvalue weighted by atomic mass is 19.4. The van der Waals surface area contributed by atoms with Crippen molar-refractivity contribution in [3.05, 3.63) is 47.3 Å². The fourth-order valence-electron chi connectivity index (χ4n) is 1.89. The minimum atomic E-state index is -4.45. The summed E-state index contributed by atoms with van der Waals surface area (Å²) in [6.07, 6.45) is -2.01. The van der Waals surface area contributed by atoms with Gasteiger partial charge in [0, 0.05) is 26.2 Å². The zero-order valence-corrected chi connectivity index (χ0v) is 11.3. The number of nitrogens with zero attached hydrogens (tertiary/aromatic N) is 3. The van der Waals surface area contributed by atoms with Crippen molar-refractivity contribution in [1.29, 1.82) is 5.26 Å². The van der Waals surface area contributed by atoms with E-state index in [1.54, 1.807) is 17.8 Å². The Bertz CT molecular complexity index is 668. The Morgan fingerprint density at radius 2 is 2.10 bits per heavy atom. The minimum Gasteiger partial charge on any atom is -0.384 e. The molecule has 0 saturated carbocycles. The zero-order valence-electron chi connectivity index (χ0n) is 11.3. The Morgan fingerprint density at radius 3 is 2.67 bits per heavy atom. The second kappa shape index (κ2) is 5.87. The first kappa shape index (κ1) is 14.9. The predicted octanol–water partition coefficient (Wildman–Crippen LogP) is 2.97. The third kappa shape index (κ3) is 3.75. The van der Waals surface area contributed by atoms with E-state index in [4.69, 9.17) is 5.26 Å². The van der Waals surface area contributed by atoms with Crippen LogP contribution < -0.4 is 5.32 Å². The number of hydrogen-bond acceptors (Lipinski definition) is 3. The van der Waals surface area contributed by atoms with Gasteiger partial charge in [-0.15, -0.1) is 0 Å². The summed E-state index contributed by atoms with van der Waals surface area (Å²) >= 11 is 0. The maximum atomic E-state index is 12.6. The lowest BCUT2D eigenvalue weighted by atomic mass is 10.1. The van der Waals surface area contributed by atoms with Crippen molar-refractivity contribution < 1.29 is 13.2 Å². The van der Waals surface area contributed by atoms with E-state index >= 15 is 0 Å². The zero-order chi connectivity index (χ0) is 15.5. The Balaban J connectivity index is 2.05. The fourth-order valence-corrected chi connectivity index (χ4v) is 1.89. The number of anilines is 1. The molecule has 0 atom stereocenters. The normalized spacial score (nSPS) is 11.2. The number of halogens is 3. The van der Waals surface area contributed by atoms with Gasteiger partial charge >= 0.3 is 6.18 Å². The molecule has 0 unspecified atom stereocenters. The Hall–Kier alpha value is -2.49. The molecule has 0 saturated heterocycles. The number of nitrogens with one attached hydrogen (secondary N) is 1. The first-order chi connectivity index (χ1) is 9.90. The first-order valence-corrected chi connectivity index (χ1v) is 6.24. The van der Waals surface area contributed by atoms with Crippen LogP contribution in [0, 0.1) is 11.3 Å². The molecule has 0 aliphatic heterocycles. The van der Waals surface area contributed by atoms with Gasteiger partial charge in [-0.1, -0.05) is 0 Å². The molecule has 0 aliphatic rings. The number of nitriles is 1. The number of alkyl halides is 3. The van der Waals surface area contributed by atoms with Crippen molar-refractivity contribution in [3.8, 4) is 6.07 Å². The quantitative estimate of drug-likeness (QED) is 0.943. The molecule has 0 radical (unpaired) electrons. The van der Waals surface area contributed by atoms with Crippen LogP contribution in [-0.2, 0) is 19.6 Å². The molecule has 2 aromatic rings. The summed E-state index contributed by atoms with van der Waals surface area (Å²) in [5.41, 5.74) is 0.414. The summed E-state index contributed by atoms with van der Waals surface area (Å²) in [5, 5.41) is 16.1. The van der Waals surface area contributed by atoms with Gasteiger partial charge in [-0.05, 0) is 24.3 Å². The predicted molar refractivity (Wildman–Crippen MR) is 71.6 cm³/mol. The minimum absolute atomic E-state index is 0.0224. The highest BCUT2D eigenvalue weighted by Gasteiger charge is 2.31. The number of benzene rings is 1. The number of hydrogen-bond donors (Lipinski definition) is 1.